The van der Waals surface area contributed by atoms with E-state index in [-0.39, 0.29) is 49.7 Å². The number of carboxylic acids is 1. The summed E-state index contributed by atoms with van der Waals surface area (Å²) in [5.41, 5.74) is 10.7. The molecule has 1 saturated heterocycles. The lowest BCUT2D eigenvalue weighted by molar-refractivity contribution is -0.123. The second kappa shape index (κ2) is 11.0. The molecule has 2 rings (SSSR count). The number of phenols is 1. The molecule has 1 aliphatic heterocycles. The summed E-state index contributed by atoms with van der Waals surface area (Å²) < 4.78 is 5.69. The number of hydrogen-bond acceptors (Lipinski definition) is 9. The van der Waals surface area contributed by atoms with Crippen LogP contribution < -0.4 is 21.5 Å². The van der Waals surface area contributed by atoms with Crippen molar-refractivity contribution in [2.45, 2.75) is 31.3 Å². The minimum Gasteiger partial charge on any atom is -0.507 e. The molecule has 170 valence electrons. The number of hydrogen-bond donors (Lipinski definition) is 7. The number of benzene rings is 1. The Labute approximate surface area is 178 Å². The van der Waals surface area contributed by atoms with Gasteiger partial charge in [-0.15, -0.1) is 0 Å². The van der Waals surface area contributed by atoms with Crippen molar-refractivity contribution in [2.24, 2.45) is 11.5 Å². The van der Waals surface area contributed by atoms with Gasteiger partial charge < -0.3 is 41.8 Å². The number of nitrogens with two attached hydrogens (primary N) is 2. The fourth-order valence-electron chi connectivity index (χ4n) is 3.13. The van der Waals surface area contributed by atoms with E-state index in [0.717, 1.165) is 0 Å². The number of nitrogens with one attached hydrogen (secondary N) is 1. The van der Waals surface area contributed by atoms with Gasteiger partial charge in [-0.25, -0.2) is 4.79 Å². The minimum atomic E-state index is -1.57. The van der Waals surface area contributed by atoms with Crippen molar-refractivity contribution in [3.8, 4) is 11.5 Å². The minimum absolute atomic E-state index is 0.00330. The number of aromatic hydroxyl groups is 1. The van der Waals surface area contributed by atoms with Crippen molar-refractivity contribution >= 4 is 24.9 Å². The monoisotopic (exact) mass is 438 g/mol. The highest BCUT2D eigenvalue weighted by atomic mass is 16.5. The van der Waals surface area contributed by atoms with Crippen LogP contribution in [-0.2, 0) is 16.0 Å². The summed E-state index contributed by atoms with van der Waals surface area (Å²) in [6.07, 6.45) is -0.301. The van der Waals surface area contributed by atoms with Crippen molar-refractivity contribution in [3.05, 3.63) is 23.3 Å². The fraction of sp³-hybridized carbons (Fsp3) is 0.500. The number of carbonyl (C=O) groups is 3. The van der Waals surface area contributed by atoms with Crippen LogP contribution in [0.25, 0.3) is 0 Å². The lowest BCUT2D eigenvalue weighted by Crippen LogP contribution is -2.59. The number of carboxylic acid groups (broad SMARTS) is 1. The molecule has 9 N–H and O–H groups in total. The van der Waals surface area contributed by atoms with Gasteiger partial charge in [0.15, 0.2) is 0 Å². The highest BCUT2D eigenvalue weighted by molar-refractivity contribution is 6.41. The molecule has 0 saturated carbocycles. The summed E-state index contributed by atoms with van der Waals surface area (Å²) in [6.45, 7) is 1.17. The standard InChI is InChI=1S/C18H27BN4O8/c20-12(17(26)22-6-4-14(21)24)9-23-7-11(8-23)31-13-2-1-10(3-5-19(29)30)16(25)15(13)18(27)28/h1-2,11-12,25,29-30H,3-9,20H2,(H2,21,24)(H,22,26)(H,27,28)/t12-/m0/s1. The molecule has 1 atom stereocenters. The Morgan fingerprint density at radius 3 is 2.55 bits per heavy atom. The normalized spacial score (nSPS) is 15.1. The van der Waals surface area contributed by atoms with E-state index in [0.29, 0.717) is 13.1 Å². The molecule has 1 aliphatic rings. The quantitative estimate of drug-likeness (QED) is 0.170. The van der Waals surface area contributed by atoms with Gasteiger partial charge in [-0.1, -0.05) is 6.07 Å². The van der Waals surface area contributed by atoms with Crippen LogP contribution in [0.4, 0.5) is 0 Å². The first-order valence-corrected chi connectivity index (χ1v) is 9.73. The number of nitrogens with zero attached hydrogens (tertiary/aromatic N) is 1. The first-order valence-electron chi connectivity index (χ1n) is 9.73. The molecule has 31 heavy (non-hydrogen) atoms. The first-order chi connectivity index (χ1) is 14.6. The van der Waals surface area contributed by atoms with Gasteiger partial charge in [0.05, 0.1) is 6.04 Å². The van der Waals surface area contributed by atoms with Crippen molar-refractivity contribution in [1.29, 1.82) is 0 Å². The lowest BCUT2D eigenvalue weighted by Gasteiger charge is -2.40. The average molecular weight is 438 g/mol. The Hall–Kier alpha value is -2.87. The van der Waals surface area contributed by atoms with E-state index >= 15 is 0 Å². The molecule has 0 aromatic heterocycles. The van der Waals surface area contributed by atoms with Crippen LogP contribution in [-0.4, -0.2) is 88.4 Å². The van der Waals surface area contributed by atoms with Crippen LogP contribution in [0.3, 0.4) is 0 Å². The molecular formula is C18H27BN4O8. The number of primary amides is 1. The lowest BCUT2D eigenvalue weighted by atomic mass is 9.82. The Morgan fingerprint density at radius 1 is 1.29 bits per heavy atom. The highest BCUT2D eigenvalue weighted by Gasteiger charge is 2.32. The molecule has 1 heterocycles. The third-order valence-corrected chi connectivity index (χ3v) is 4.79. The third kappa shape index (κ3) is 7.10. The molecule has 1 aromatic carbocycles. The van der Waals surface area contributed by atoms with Crippen LogP contribution in [0.5, 0.6) is 11.5 Å². The zero-order chi connectivity index (χ0) is 23.1. The van der Waals surface area contributed by atoms with Gasteiger partial charge in [-0.2, -0.15) is 0 Å². The number of carbonyl (C=O) groups excluding carboxylic acids is 2. The molecule has 12 nitrogen and oxygen atoms in total. The largest absolute Gasteiger partial charge is 0.507 e. The fourth-order valence-corrected chi connectivity index (χ4v) is 3.13. The smallest absolute Gasteiger partial charge is 0.451 e. The van der Waals surface area contributed by atoms with Crippen molar-refractivity contribution in [1.82, 2.24) is 10.2 Å². The maximum Gasteiger partial charge on any atom is 0.451 e. The van der Waals surface area contributed by atoms with Gasteiger partial charge in [0, 0.05) is 32.6 Å². The Morgan fingerprint density at radius 2 is 1.97 bits per heavy atom. The molecule has 13 heteroatoms. The van der Waals surface area contributed by atoms with Crippen LogP contribution in [0.1, 0.15) is 22.3 Å². The van der Waals surface area contributed by atoms with Gasteiger partial charge in [-0.3, -0.25) is 14.5 Å². The van der Waals surface area contributed by atoms with E-state index in [1.54, 1.807) is 0 Å². The number of amides is 2. The maximum atomic E-state index is 11.9. The first kappa shape index (κ1) is 24.4. The van der Waals surface area contributed by atoms with E-state index < -0.39 is 42.3 Å². The summed E-state index contributed by atoms with van der Waals surface area (Å²) >= 11 is 0. The third-order valence-electron chi connectivity index (χ3n) is 4.79. The van der Waals surface area contributed by atoms with Gasteiger partial charge in [0.25, 0.3) is 0 Å². The van der Waals surface area contributed by atoms with E-state index in [1.165, 1.54) is 12.1 Å². The zero-order valence-electron chi connectivity index (χ0n) is 16.9. The Bertz CT molecular complexity index is 816. The van der Waals surface area contributed by atoms with Gasteiger partial charge in [-0.05, 0) is 24.4 Å². The Balaban J connectivity index is 1.88. The molecule has 0 bridgehead atoms. The second-order valence-electron chi connectivity index (χ2n) is 7.34. The molecule has 1 aromatic rings. The van der Waals surface area contributed by atoms with Crippen LogP contribution in [0.15, 0.2) is 12.1 Å². The number of aromatic carboxylic acids is 1. The molecule has 2 amide bonds. The topological polar surface area (TPSA) is 209 Å². The van der Waals surface area contributed by atoms with Gasteiger partial charge in [0.1, 0.15) is 23.2 Å². The summed E-state index contributed by atoms with van der Waals surface area (Å²) in [4.78, 5) is 36.0. The van der Waals surface area contributed by atoms with Crippen molar-refractivity contribution < 1.29 is 39.4 Å². The van der Waals surface area contributed by atoms with Crippen LogP contribution in [0, 0.1) is 0 Å². The number of ether oxygens (including phenoxy) is 1. The van der Waals surface area contributed by atoms with E-state index in [9.17, 15) is 24.6 Å². The van der Waals surface area contributed by atoms with Crippen LogP contribution in [0.2, 0.25) is 6.32 Å². The SMILES string of the molecule is NC(=O)CCNC(=O)[C@@H](N)CN1CC(Oc2ccc(CCB(O)O)c(O)c2C(=O)O)C1. The molecular weight excluding hydrogens is 411 g/mol. The summed E-state index contributed by atoms with van der Waals surface area (Å²) in [5.74, 6) is -2.78. The molecule has 0 unspecified atom stereocenters. The van der Waals surface area contributed by atoms with Gasteiger partial charge >= 0.3 is 13.1 Å². The van der Waals surface area contributed by atoms with E-state index in [2.05, 4.69) is 5.32 Å². The molecule has 0 aliphatic carbocycles. The molecule has 0 radical (unpaired) electrons. The highest BCUT2D eigenvalue weighted by Crippen LogP contribution is 2.33. The van der Waals surface area contributed by atoms with E-state index in [1.807, 2.05) is 4.90 Å². The van der Waals surface area contributed by atoms with E-state index in [4.69, 9.17) is 26.3 Å². The maximum absolute atomic E-state index is 11.9. The summed E-state index contributed by atoms with van der Waals surface area (Å²) in [7, 11) is -1.57. The van der Waals surface area contributed by atoms with Crippen molar-refractivity contribution in [3.63, 3.8) is 0 Å². The van der Waals surface area contributed by atoms with Gasteiger partial charge in [0.2, 0.25) is 11.8 Å². The number of aryl methyl sites for hydroxylation is 1. The number of likely N-dealkylation sites (tertiary alicyclic amines) is 1. The summed E-state index contributed by atoms with van der Waals surface area (Å²) in [5, 5.41) is 40.2. The Kier molecular flexibility index (Phi) is 8.62. The molecule has 1 fully saturated rings. The summed E-state index contributed by atoms with van der Waals surface area (Å²) in [6, 6.07) is 2.08. The molecule has 0 spiro atoms. The number of rotatable bonds is 12. The average Bonchev–Trinajstić information content (AvgIpc) is 2.64. The van der Waals surface area contributed by atoms with Crippen LogP contribution >= 0.6 is 0 Å². The second-order valence-corrected chi connectivity index (χ2v) is 7.34. The predicted octanol–water partition coefficient (Wildman–Crippen LogP) is -2.51. The van der Waals surface area contributed by atoms with Crippen molar-refractivity contribution in [2.75, 3.05) is 26.2 Å². The predicted molar refractivity (Wildman–Crippen MR) is 109 cm³/mol. The zero-order valence-corrected chi connectivity index (χ0v) is 16.9.